The third-order valence-electron chi connectivity index (χ3n) is 4.14. The van der Waals surface area contributed by atoms with Crippen molar-refractivity contribution in [2.24, 2.45) is 0 Å². The fraction of sp³-hybridized carbons (Fsp3) is 0.846. The van der Waals surface area contributed by atoms with E-state index < -0.39 is 12.0 Å². The molecule has 6 heteroatoms. The predicted octanol–water partition coefficient (Wildman–Crippen LogP) is 1.15. The van der Waals surface area contributed by atoms with Crippen molar-refractivity contribution < 1.29 is 19.4 Å². The van der Waals surface area contributed by atoms with Gasteiger partial charge in [0.05, 0.1) is 13.2 Å². The van der Waals surface area contributed by atoms with Crippen LogP contribution in [0, 0.1) is 0 Å². The lowest BCUT2D eigenvalue weighted by atomic mass is 10.1. The van der Waals surface area contributed by atoms with Crippen molar-refractivity contribution in [3.8, 4) is 0 Å². The lowest BCUT2D eigenvalue weighted by Crippen LogP contribution is -2.58. The van der Waals surface area contributed by atoms with Crippen LogP contribution in [0.4, 0.5) is 4.79 Å². The Morgan fingerprint density at radius 3 is 2.74 bits per heavy atom. The summed E-state index contributed by atoms with van der Waals surface area (Å²) in [6, 6.07) is -0.575. The van der Waals surface area contributed by atoms with E-state index in [1.54, 1.807) is 0 Å². The average Bonchev–Trinajstić information content (AvgIpc) is 2.79. The fourth-order valence-corrected chi connectivity index (χ4v) is 3.00. The highest BCUT2D eigenvalue weighted by molar-refractivity contribution is 5.83. The van der Waals surface area contributed by atoms with Gasteiger partial charge in [-0.1, -0.05) is 6.92 Å². The SMILES string of the molecule is CCC1CCC(C)N1C(=O)N1CCOCC1C(=O)O. The Balaban J connectivity index is 2.14. The van der Waals surface area contributed by atoms with Crippen LogP contribution in [0.25, 0.3) is 0 Å². The van der Waals surface area contributed by atoms with Gasteiger partial charge in [0.2, 0.25) is 0 Å². The molecule has 0 aromatic rings. The molecule has 2 aliphatic rings. The molecule has 3 unspecified atom stereocenters. The maximum absolute atomic E-state index is 12.6. The quantitative estimate of drug-likeness (QED) is 0.817. The molecule has 2 fully saturated rings. The number of morpholine rings is 1. The van der Waals surface area contributed by atoms with Crippen LogP contribution in [0.1, 0.15) is 33.1 Å². The van der Waals surface area contributed by atoms with Gasteiger partial charge in [-0.05, 0) is 26.2 Å². The van der Waals surface area contributed by atoms with Crippen molar-refractivity contribution in [1.29, 1.82) is 0 Å². The largest absolute Gasteiger partial charge is 0.480 e. The Morgan fingerprint density at radius 2 is 2.11 bits per heavy atom. The maximum atomic E-state index is 12.6. The second kappa shape index (κ2) is 5.77. The van der Waals surface area contributed by atoms with E-state index in [0.717, 1.165) is 19.3 Å². The van der Waals surface area contributed by atoms with Gasteiger partial charge in [-0.3, -0.25) is 0 Å². The minimum absolute atomic E-state index is 0.0834. The summed E-state index contributed by atoms with van der Waals surface area (Å²) in [6.07, 6.45) is 2.91. The topological polar surface area (TPSA) is 70.1 Å². The van der Waals surface area contributed by atoms with Gasteiger partial charge in [0.15, 0.2) is 6.04 Å². The number of likely N-dealkylation sites (tertiary alicyclic amines) is 1. The van der Waals surface area contributed by atoms with Crippen molar-refractivity contribution in [2.45, 2.75) is 51.2 Å². The number of amides is 2. The third-order valence-corrected chi connectivity index (χ3v) is 4.14. The number of rotatable bonds is 2. The number of aliphatic carboxylic acids is 1. The van der Waals surface area contributed by atoms with E-state index in [9.17, 15) is 14.7 Å². The molecule has 0 spiro atoms. The summed E-state index contributed by atoms with van der Waals surface area (Å²) in [5.41, 5.74) is 0. The van der Waals surface area contributed by atoms with E-state index in [-0.39, 0.29) is 24.7 Å². The van der Waals surface area contributed by atoms with Crippen LogP contribution in [-0.2, 0) is 9.53 Å². The van der Waals surface area contributed by atoms with E-state index in [1.165, 1.54) is 4.90 Å². The molecule has 2 heterocycles. The molecule has 0 aromatic carbocycles. The van der Waals surface area contributed by atoms with Gasteiger partial charge in [0, 0.05) is 18.6 Å². The summed E-state index contributed by atoms with van der Waals surface area (Å²) in [6.45, 7) is 4.95. The molecule has 2 amide bonds. The van der Waals surface area contributed by atoms with Crippen molar-refractivity contribution in [1.82, 2.24) is 9.80 Å². The van der Waals surface area contributed by atoms with E-state index in [4.69, 9.17) is 4.74 Å². The van der Waals surface area contributed by atoms with Gasteiger partial charge in [0.1, 0.15) is 0 Å². The Bertz CT molecular complexity index is 361. The Kier molecular flexibility index (Phi) is 4.29. The molecule has 0 saturated carbocycles. The lowest BCUT2D eigenvalue weighted by Gasteiger charge is -2.39. The van der Waals surface area contributed by atoms with Crippen molar-refractivity contribution in [3.63, 3.8) is 0 Å². The highest BCUT2D eigenvalue weighted by atomic mass is 16.5. The maximum Gasteiger partial charge on any atom is 0.328 e. The highest BCUT2D eigenvalue weighted by Crippen LogP contribution is 2.28. The summed E-state index contributed by atoms with van der Waals surface area (Å²) in [5.74, 6) is -0.993. The number of hydrogen-bond acceptors (Lipinski definition) is 3. The number of carbonyl (C=O) groups is 2. The Hall–Kier alpha value is -1.30. The molecule has 0 aliphatic carbocycles. The highest BCUT2D eigenvalue weighted by Gasteiger charge is 2.40. The molecular formula is C13H22N2O4. The number of ether oxygens (including phenoxy) is 1. The Morgan fingerprint density at radius 1 is 1.37 bits per heavy atom. The van der Waals surface area contributed by atoms with Crippen molar-refractivity contribution in [2.75, 3.05) is 19.8 Å². The van der Waals surface area contributed by atoms with Crippen LogP contribution in [0.5, 0.6) is 0 Å². The second-order valence-electron chi connectivity index (χ2n) is 5.30. The lowest BCUT2D eigenvalue weighted by molar-refractivity contribution is -0.147. The molecule has 19 heavy (non-hydrogen) atoms. The molecule has 108 valence electrons. The van der Waals surface area contributed by atoms with E-state index in [0.29, 0.717) is 13.2 Å². The van der Waals surface area contributed by atoms with E-state index in [2.05, 4.69) is 6.92 Å². The first-order valence-electron chi connectivity index (χ1n) is 6.95. The smallest absolute Gasteiger partial charge is 0.328 e. The minimum atomic E-state index is -0.993. The van der Waals surface area contributed by atoms with Crippen LogP contribution in [0.2, 0.25) is 0 Å². The number of carboxylic acids is 1. The van der Waals surface area contributed by atoms with Crippen molar-refractivity contribution >= 4 is 12.0 Å². The molecule has 2 rings (SSSR count). The van der Waals surface area contributed by atoms with Gasteiger partial charge >= 0.3 is 12.0 Å². The molecule has 1 N–H and O–H groups in total. The summed E-state index contributed by atoms with van der Waals surface area (Å²) in [5, 5.41) is 9.20. The van der Waals surface area contributed by atoms with Crippen LogP contribution in [0.3, 0.4) is 0 Å². The number of hydrogen-bond donors (Lipinski definition) is 1. The van der Waals surface area contributed by atoms with E-state index in [1.807, 2.05) is 11.8 Å². The molecule has 6 nitrogen and oxygen atoms in total. The normalized spacial score (nSPS) is 31.6. The zero-order chi connectivity index (χ0) is 14.0. The third kappa shape index (κ3) is 2.68. The molecule has 0 radical (unpaired) electrons. The number of carboxylic acid groups (broad SMARTS) is 1. The van der Waals surface area contributed by atoms with Gasteiger partial charge in [-0.15, -0.1) is 0 Å². The van der Waals surface area contributed by atoms with Gasteiger partial charge in [-0.25, -0.2) is 9.59 Å². The number of nitrogens with zero attached hydrogens (tertiary/aromatic N) is 2. The number of urea groups is 1. The first kappa shape index (κ1) is 14.1. The van der Waals surface area contributed by atoms with Crippen LogP contribution in [-0.4, -0.2) is 64.8 Å². The molecule has 3 atom stereocenters. The van der Waals surface area contributed by atoms with Crippen LogP contribution in [0.15, 0.2) is 0 Å². The van der Waals surface area contributed by atoms with Gasteiger partial charge < -0.3 is 19.6 Å². The minimum Gasteiger partial charge on any atom is -0.480 e. The summed E-state index contributed by atoms with van der Waals surface area (Å²) < 4.78 is 5.17. The number of carbonyl (C=O) groups excluding carboxylic acids is 1. The first-order chi connectivity index (χ1) is 9.06. The fourth-order valence-electron chi connectivity index (χ4n) is 3.00. The molecule has 2 aliphatic heterocycles. The molecule has 0 aromatic heterocycles. The zero-order valence-corrected chi connectivity index (χ0v) is 11.5. The standard InChI is InChI=1S/C13H22N2O4/c1-3-10-5-4-9(2)15(10)13(18)14-6-7-19-8-11(14)12(16)17/h9-11H,3-8H2,1-2H3,(H,16,17). The molecular weight excluding hydrogens is 248 g/mol. The first-order valence-corrected chi connectivity index (χ1v) is 6.95. The molecule has 2 saturated heterocycles. The predicted molar refractivity (Wildman–Crippen MR) is 69.0 cm³/mol. The Labute approximate surface area is 113 Å². The zero-order valence-electron chi connectivity index (χ0n) is 11.5. The monoisotopic (exact) mass is 270 g/mol. The summed E-state index contributed by atoms with van der Waals surface area (Å²) in [4.78, 5) is 27.2. The molecule has 0 bridgehead atoms. The van der Waals surface area contributed by atoms with E-state index >= 15 is 0 Å². The van der Waals surface area contributed by atoms with Gasteiger partial charge in [-0.2, -0.15) is 0 Å². The summed E-state index contributed by atoms with van der Waals surface area (Å²) >= 11 is 0. The summed E-state index contributed by atoms with van der Waals surface area (Å²) in [7, 11) is 0. The van der Waals surface area contributed by atoms with Crippen LogP contribution < -0.4 is 0 Å². The van der Waals surface area contributed by atoms with Gasteiger partial charge in [0.25, 0.3) is 0 Å². The second-order valence-corrected chi connectivity index (χ2v) is 5.30. The van der Waals surface area contributed by atoms with Crippen LogP contribution >= 0.6 is 0 Å². The van der Waals surface area contributed by atoms with Crippen molar-refractivity contribution in [3.05, 3.63) is 0 Å². The average molecular weight is 270 g/mol.